The van der Waals surface area contributed by atoms with E-state index in [4.69, 9.17) is 0 Å². The Balaban J connectivity index is 1.49. The predicted octanol–water partition coefficient (Wildman–Crippen LogP) is 3.79. The van der Waals surface area contributed by atoms with Crippen molar-refractivity contribution in [3.05, 3.63) is 65.2 Å². The molecule has 3 heterocycles. The second kappa shape index (κ2) is 10.7. The van der Waals surface area contributed by atoms with Gasteiger partial charge in [-0.3, -0.25) is 14.4 Å². The summed E-state index contributed by atoms with van der Waals surface area (Å²) in [6.07, 6.45) is 1.11. The van der Waals surface area contributed by atoms with Gasteiger partial charge in [0.1, 0.15) is 6.04 Å². The summed E-state index contributed by atoms with van der Waals surface area (Å²) in [6.45, 7) is 5.95. The highest BCUT2D eigenvalue weighted by molar-refractivity contribution is 9.09. The van der Waals surface area contributed by atoms with Crippen LogP contribution in [0.15, 0.2) is 48.5 Å². The number of aliphatic hydroxyl groups is 1. The van der Waals surface area contributed by atoms with Crippen molar-refractivity contribution in [2.75, 3.05) is 11.9 Å². The van der Waals surface area contributed by atoms with E-state index in [9.17, 15) is 19.5 Å². The highest BCUT2D eigenvalue weighted by Crippen LogP contribution is 2.68. The first-order valence-electron chi connectivity index (χ1n) is 13.2. The molecule has 1 spiro atoms. The maximum absolute atomic E-state index is 14.1. The Hall–Kier alpha value is -2.36. The molecule has 7 nitrogen and oxygen atoms in total. The van der Waals surface area contributed by atoms with Crippen molar-refractivity contribution in [3.63, 3.8) is 0 Å². The van der Waals surface area contributed by atoms with Gasteiger partial charge < -0.3 is 20.6 Å². The zero-order valence-corrected chi connectivity index (χ0v) is 24.2. The molecule has 9 heteroatoms. The van der Waals surface area contributed by atoms with Crippen LogP contribution in [0.2, 0.25) is 0 Å². The Kier molecular flexibility index (Phi) is 7.64. The monoisotopic (exact) mass is 599 g/mol. The smallest absolute Gasteiger partial charge is 0.248 e. The van der Waals surface area contributed by atoms with Gasteiger partial charge in [0.2, 0.25) is 17.7 Å². The Morgan fingerprint density at radius 2 is 1.92 bits per heavy atom. The number of amides is 3. The molecule has 0 aromatic heterocycles. The van der Waals surface area contributed by atoms with E-state index in [2.05, 4.69) is 26.6 Å². The number of thioether (sulfide) groups is 1. The third kappa shape index (κ3) is 4.46. The van der Waals surface area contributed by atoms with Gasteiger partial charge in [0, 0.05) is 22.3 Å². The van der Waals surface area contributed by atoms with Crippen molar-refractivity contribution in [2.45, 2.75) is 67.1 Å². The van der Waals surface area contributed by atoms with E-state index in [0.717, 1.165) is 16.7 Å². The number of aryl methyl sites for hydroxylation is 2. The summed E-state index contributed by atoms with van der Waals surface area (Å²) in [5.74, 6) is -1.83. The highest BCUT2D eigenvalue weighted by atomic mass is 79.9. The molecule has 3 fully saturated rings. The molecular weight excluding hydrogens is 566 g/mol. The number of likely N-dealkylation sites (tertiary alicyclic amines) is 1. The van der Waals surface area contributed by atoms with E-state index in [0.29, 0.717) is 25.1 Å². The van der Waals surface area contributed by atoms with E-state index < -0.39 is 28.7 Å². The predicted molar refractivity (Wildman–Crippen MR) is 153 cm³/mol. The Labute approximate surface area is 236 Å². The van der Waals surface area contributed by atoms with Gasteiger partial charge >= 0.3 is 0 Å². The molecular formula is C29H34BrN3O4S. The van der Waals surface area contributed by atoms with Crippen LogP contribution in [0.5, 0.6) is 0 Å². The second-order valence-electron chi connectivity index (χ2n) is 10.7. The quantitative estimate of drug-likeness (QED) is 0.401. The van der Waals surface area contributed by atoms with Crippen LogP contribution in [-0.2, 0) is 20.9 Å². The van der Waals surface area contributed by atoms with Crippen molar-refractivity contribution in [3.8, 4) is 0 Å². The lowest BCUT2D eigenvalue weighted by Crippen LogP contribution is -2.55. The lowest BCUT2D eigenvalue weighted by molar-refractivity contribution is -0.142. The summed E-state index contributed by atoms with van der Waals surface area (Å²) in [6, 6.07) is 14.3. The summed E-state index contributed by atoms with van der Waals surface area (Å²) in [7, 11) is 0. The van der Waals surface area contributed by atoms with Crippen molar-refractivity contribution < 1.29 is 19.5 Å². The maximum atomic E-state index is 14.1. The molecule has 3 N–H and O–H groups in total. The lowest BCUT2D eigenvalue weighted by atomic mass is 9.70. The van der Waals surface area contributed by atoms with E-state index in [-0.39, 0.29) is 34.4 Å². The first kappa shape index (κ1) is 27.2. The Bertz CT molecular complexity index is 1240. The van der Waals surface area contributed by atoms with Gasteiger partial charge in [0.05, 0.1) is 29.2 Å². The van der Waals surface area contributed by atoms with Crippen molar-refractivity contribution >= 4 is 51.1 Å². The van der Waals surface area contributed by atoms with Crippen LogP contribution in [0.3, 0.4) is 0 Å². The van der Waals surface area contributed by atoms with Crippen LogP contribution in [0.1, 0.15) is 36.5 Å². The number of benzene rings is 2. The second-order valence-corrected chi connectivity index (χ2v) is 13.4. The molecule has 0 aliphatic carbocycles. The molecule has 2 aromatic rings. The number of carbonyl (C=O) groups is 3. The third-order valence-corrected chi connectivity index (χ3v) is 11.5. The van der Waals surface area contributed by atoms with Crippen LogP contribution in [0.4, 0.5) is 5.69 Å². The number of anilines is 1. The standard InChI is InChI=1S/C29H34BrN3O4S/c1-4-19(15-34)33-25(27(36)32-21-12-16(2)10-11-17(21)3)29-13-20(30)24(38-29)22(23(29)28(33)37)26(35)31-14-18-8-6-5-7-9-18/h5-12,19-20,22-25,34H,4,13-15H2,1-3H3,(H,31,35)(H,32,36)/t19-,20?,22-,23-,24-,25?,29?/m0/s1. The van der Waals surface area contributed by atoms with Gasteiger partial charge in [-0.25, -0.2) is 0 Å². The number of hydrogen-bond donors (Lipinski definition) is 3. The average Bonchev–Trinajstić information content (AvgIpc) is 3.50. The topological polar surface area (TPSA) is 98.7 Å². The first-order valence-corrected chi connectivity index (χ1v) is 15.0. The number of alkyl halides is 1. The Morgan fingerprint density at radius 1 is 1.18 bits per heavy atom. The molecule has 38 heavy (non-hydrogen) atoms. The van der Waals surface area contributed by atoms with E-state index in [1.54, 1.807) is 16.7 Å². The van der Waals surface area contributed by atoms with Gasteiger partial charge in [-0.2, -0.15) is 0 Å². The molecule has 3 saturated heterocycles. The van der Waals surface area contributed by atoms with Crippen molar-refractivity contribution in [1.29, 1.82) is 0 Å². The van der Waals surface area contributed by atoms with Crippen LogP contribution in [0.25, 0.3) is 0 Å². The minimum atomic E-state index is -0.793. The molecule has 3 unspecified atom stereocenters. The van der Waals surface area contributed by atoms with Crippen LogP contribution >= 0.6 is 27.7 Å². The Morgan fingerprint density at radius 3 is 2.61 bits per heavy atom. The zero-order valence-electron chi connectivity index (χ0n) is 21.8. The summed E-state index contributed by atoms with van der Waals surface area (Å²) in [5.41, 5.74) is 3.65. The number of fused-ring (bicyclic) bond motifs is 1. The van der Waals surface area contributed by atoms with Crippen LogP contribution in [-0.4, -0.2) is 61.2 Å². The fourth-order valence-electron chi connectivity index (χ4n) is 6.45. The number of rotatable bonds is 8. The van der Waals surface area contributed by atoms with E-state index >= 15 is 0 Å². The fourth-order valence-corrected chi connectivity index (χ4v) is 10.0. The number of nitrogens with zero attached hydrogens (tertiary/aromatic N) is 1. The zero-order chi connectivity index (χ0) is 27.2. The lowest BCUT2D eigenvalue weighted by Gasteiger charge is -2.37. The third-order valence-electron chi connectivity index (χ3n) is 8.31. The number of hydrogen-bond acceptors (Lipinski definition) is 5. The molecule has 2 bridgehead atoms. The summed E-state index contributed by atoms with van der Waals surface area (Å²) in [4.78, 5) is 43.4. The molecule has 3 aliphatic heterocycles. The minimum absolute atomic E-state index is 0.00539. The highest BCUT2D eigenvalue weighted by Gasteiger charge is 2.76. The van der Waals surface area contributed by atoms with E-state index in [1.807, 2.05) is 69.3 Å². The summed E-state index contributed by atoms with van der Waals surface area (Å²) in [5, 5.41) is 16.3. The number of carbonyl (C=O) groups excluding carboxylic acids is 3. The first-order chi connectivity index (χ1) is 18.2. The SMILES string of the molecule is CC[C@@H](CO)N1C(=O)[C@@H]2[C@H](C(=O)NCc3ccccc3)[C@H]3SC2(CC3Br)C1C(=O)Nc1cc(C)ccc1C. The van der Waals surface area contributed by atoms with Crippen LogP contribution < -0.4 is 10.6 Å². The van der Waals surface area contributed by atoms with Gasteiger partial charge in [0.25, 0.3) is 0 Å². The molecule has 0 saturated carbocycles. The van der Waals surface area contributed by atoms with Gasteiger partial charge in [0.15, 0.2) is 0 Å². The fraction of sp³-hybridized carbons (Fsp3) is 0.483. The van der Waals surface area contributed by atoms with Gasteiger partial charge in [-0.1, -0.05) is 65.3 Å². The molecule has 2 aromatic carbocycles. The molecule has 202 valence electrons. The summed E-state index contributed by atoms with van der Waals surface area (Å²) < 4.78 is -0.755. The normalized spacial score (nSPS) is 30.3. The molecule has 0 radical (unpaired) electrons. The minimum Gasteiger partial charge on any atom is -0.394 e. The van der Waals surface area contributed by atoms with Crippen molar-refractivity contribution in [2.24, 2.45) is 11.8 Å². The van der Waals surface area contributed by atoms with Crippen molar-refractivity contribution in [1.82, 2.24) is 10.2 Å². The average molecular weight is 601 g/mol. The van der Waals surface area contributed by atoms with Gasteiger partial charge in [-0.05, 0) is 49.4 Å². The molecule has 5 rings (SSSR count). The van der Waals surface area contributed by atoms with Crippen LogP contribution in [0, 0.1) is 25.7 Å². The number of nitrogens with one attached hydrogen (secondary N) is 2. The molecule has 3 amide bonds. The number of aliphatic hydroxyl groups excluding tert-OH is 1. The number of halogens is 1. The largest absolute Gasteiger partial charge is 0.394 e. The van der Waals surface area contributed by atoms with E-state index in [1.165, 1.54) is 0 Å². The maximum Gasteiger partial charge on any atom is 0.248 e. The molecule has 7 atom stereocenters. The summed E-state index contributed by atoms with van der Waals surface area (Å²) >= 11 is 5.40. The van der Waals surface area contributed by atoms with Gasteiger partial charge in [-0.15, -0.1) is 11.8 Å². The molecule has 3 aliphatic rings.